The number of carboxylic acids is 1. The van der Waals surface area contributed by atoms with Crippen molar-refractivity contribution in [1.29, 1.82) is 0 Å². The number of esters is 1. The van der Waals surface area contributed by atoms with Crippen molar-refractivity contribution in [3.63, 3.8) is 0 Å². The molecule has 1 aliphatic rings. The van der Waals surface area contributed by atoms with E-state index >= 15 is 0 Å². The minimum Gasteiger partial charge on any atom is -0.480 e. The third kappa shape index (κ3) is 2.74. The summed E-state index contributed by atoms with van der Waals surface area (Å²) in [6, 6.07) is 2.53. The Bertz CT molecular complexity index is 518. The molecule has 20 heavy (non-hydrogen) atoms. The van der Waals surface area contributed by atoms with Crippen LogP contribution in [0.1, 0.15) is 30.1 Å². The van der Waals surface area contributed by atoms with Crippen LogP contribution >= 0.6 is 0 Å². The summed E-state index contributed by atoms with van der Waals surface area (Å²) in [5.74, 6) is -0.760. The molecule has 1 aliphatic heterocycles. The molecule has 2 rings (SSSR count). The van der Waals surface area contributed by atoms with Gasteiger partial charge in [0.15, 0.2) is 0 Å². The first-order chi connectivity index (χ1) is 9.54. The summed E-state index contributed by atoms with van der Waals surface area (Å²) >= 11 is 0. The lowest BCUT2D eigenvalue weighted by molar-refractivity contribution is -0.140. The fourth-order valence-corrected chi connectivity index (χ4v) is 2.64. The van der Waals surface area contributed by atoms with Crippen molar-refractivity contribution >= 4 is 17.8 Å². The van der Waals surface area contributed by atoms with E-state index in [1.165, 1.54) is 13.3 Å². The molecular formula is C14H18N2O4. The van der Waals surface area contributed by atoms with Gasteiger partial charge in [0.05, 0.1) is 12.7 Å². The van der Waals surface area contributed by atoms with Gasteiger partial charge in [-0.25, -0.2) is 14.6 Å². The summed E-state index contributed by atoms with van der Waals surface area (Å²) in [6.07, 6.45) is 3.29. The molecule has 2 heterocycles. The lowest BCUT2D eigenvalue weighted by Gasteiger charge is -2.38. The van der Waals surface area contributed by atoms with Crippen LogP contribution in [-0.2, 0) is 9.53 Å². The number of carbonyl (C=O) groups is 2. The van der Waals surface area contributed by atoms with Crippen molar-refractivity contribution in [3.8, 4) is 0 Å². The number of pyridine rings is 1. The van der Waals surface area contributed by atoms with Crippen molar-refractivity contribution < 1.29 is 19.4 Å². The molecule has 1 fully saturated rings. The molecule has 0 spiro atoms. The molecule has 1 aromatic heterocycles. The van der Waals surface area contributed by atoms with Crippen LogP contribution in [-0.4, -0.2) is 41.7 Å². The van der Waals surface area contributed by atoms with Gasteiger partial charge < -0.3 is 14.7 Å². The maximum absolute atomic E-state index is 11.5. The Hall–Kier alpha value is -2.11. The van der Waals surface area contributed by atoms with Gasteiger partial charge in [-0.15, -0.1) is 0 Å². The number of nitrogens with zero attached hydrogens (tertiary/aromatic N) is 2. The van der Waals surface area contributed by atoms with Gasteiger partial charge in [-0.2, -0.15) is 0 Å². The van der Waals surface area contributed by atoms with E-state index in [0.29, 0.717) is 17.9 Å². The van der Waals surface area contributed by atoms with E-state index in [0.717, 1.165) is 12.8 Å². The average Bonchev–Trinajstić information content (AvgIpc) is 2.45. The number of hydrogen-bond acceptors (Lipinski definition) is 5. The van der Waals surface area contributed by atoms with Gasteiger partial charge in [0, 0.05) is 12.7 Å². The first-order valence-electron chi connectivity index (χ1n) is 6.58. The van der Waals surface area contributed by atoms with Crippen molar-refractivity contribution in [1.82, 2.24) is 4.98 Å². The van der Waals surface area contributed by atoms with Crippen LogP contribution in [0.4, 0.5) is 5.82 Å². The van der Waals surface area contributed by atoms with E-state index in [4.69, 9.17) is 0 Å². The number of carbonyl (C=O) groups excluding carboxylic acids is 1. The van der Waals surface area contributed by atoms with E-state index in [1.807, 2.05) is 6.92 Å². The molecule has 6 nitrogen and oxygen atoms in total. The second-order valence-electron chi connectivity index (χ2n) is 4.99. The van der Waals surface area contributed by atoms with Gasteiger partial charge in [0.25, 0.3) is 0 Å². The fourth-order valence-electron chi connectivity index (χ4n) is 2.64. The number of anilines is 1. The van der Waals surface area contributed by atoms with Crippen molar-refractivity contribution in [2.45, 2.75) is 25.8 Å². The third-order valence-corrected chi connectivity index (χ3v) is 3.65. The maximum Gasteiger partial charge on any atom is 0.338 e. The minimum atomic E-state index is -0.859. The van der Waals surface area contributed by atoms with E-state index < -0.39 is 18.0 Å². The highest BCUT2D eigenvalue weighted by atomic mass is 16.5. The van der Waals surface area contributed by atoms with Crippen molar-refractivity contribution in [2.24, 2.45) is 5.92 Å². The predicted octanol–water partition coefficient (Wildman–Crippen LogP) is 1.56. The number of aromatic nitrogens is 1. The molecule has 2 atom stereocenters. The summed E-state index contributed by atoms with van der Waals surface area (Å²) in [6.45, 7) is 2.55. The first kappa shape index (κ1) is 14.3. The average molecular weight is 278 g/mol. The fraction of sp³-hybridized carbons (Fsp3) is 0.500. The Kier molecular flexibility index (Phi) is 4.22. The molecule has 0 aliphatic carbocycles. The van der Waals surface area contributed by atoms with Gasteiger partial charge in [0.1, 0.15) is 11.9 Å². The highest BCUT2D eigenvalue weighted by Gasteiger charge is 2.35. The standard InChI is InChI=1S/C14H18N2O4/c1-9-4-3-7-16(12(9)13(17)18)11-8-10(5-6-15-11)14(19)20-2/h5-6,8-9,12H,3-4,7H2,1-2H3,(H,17,18). The maximum atomic E-state index is 11.5. The Labute approximate surface area is 117 Å². The molecule has 0 saturated carbocycles. The van der Waals surface area contributed by atoms with Crippen LogP contribution in [0.2, 0.25) is 0 Å². The Morgan fingerprint density at radius 2 is 2.25 bits per heavy atom. The molecule has 2 unspecified atom stereocenters. The number of methoxy groups -OCH3 is 1. The largest absolute Gasteiger partial charge is 0.480 e. The molecule has 108 valence electrons. The molecule has 0 aromatic carbocycles. The monoisotopic (exact) mass is 278 g/mol. The van der Waals surface area contributed by atoms with Crippen molar-refractivity contribution in [3.05, 3.63) is 23.9 Å². The van der Waals surface area contributed by atoms with Crippen LogP contribution in [0.15, 0.2) is 18.3 Å². The number of rotatable bonds is 3. The molecular weight excluding hydrogens is 260 g/mol. The van der Waals surface area contributed by atoms with Gasteiger partial charge >= 0.3 is 11.9 Å². The van der Waals surface area contributed by atoms with E-state index in [2.05, 4.69) is 9.72 Å². The zero-order chi connectivity index (χ0) is 14.7. The van der Waals surface area contributed by atoms with Crippen LogP contribution < -0.4 is 4.90 Å². The molecule has 6 heteroatoms. The third-order valence-electron chi connectivity index (χ3n) is 3.65. The SMILES string of the molecule is COC(=O)c1ccnc(N2CCCC(C)C2C(=O)O)c1. The van der Waals surface area contributed by atoms with Crippen molar-refractivity contribution in [2.75, 3.05) is 18.6 Å². The summed E-state index contributed by atoms with van der Waals surface area (Å²) in [5.41, 5.74) is 0.375. The quantitative estimate of drug-likeness (QED) is 0.845. The number of hydrogen-bond donors (Lipinski definition) is 1. The summed E-state index contributed by atoms with van der Waals surface area (Å²) < 4.78 is 4.67. The van der Waals surface area contributed by atoms with Gasteiger partial charge in [-0.1, -0.05) is 6.92 Å². The molecule has 0 bridgehead atoms. The zero-order valence-electron chi connectivity index (χ0n) is 11.6. The van der Waals surface area contributed by atoms with E-state index in [1.54, 1.807) is 17.0 Å². The zero-order valence-corrected chi connectivity index (χ0v) is 11.6. The summed E-state index contributed by atoms with van der Waals surface area (Å²) in [7, 11) is 1.31. The lowest BCUT2D eigenvalue weighted by Crippen LogP contribution is -2.49. The second-order valence-corrected chi connectivity index (χ2v) is 4.99. The van der Waals surface area contributed by atoms with Crippen LogP contribution in [0.25, 0.3) is 0 Å². The molecule has 1 saturated heterocycles. The lowest BCUT2D eigenvalue weighted by atomic mass is 9.91. The number of aliphatic carboxylic acids is 1. The normalized spacial score (nSPS) is 22.4. The number of carboxylic acid groups (broad SMARTS) is 1. The Balaban J connectivity index is 2.33. The van der Waals surface area contributed by atoms with E-state index in [-0.39, 0.29) is 5.92 Å². The topological polar surface area (TPSA) is 79.7 Å². The van der Waals surface area contributed by atoms with Crippen LogP contribution in [0, 0.1) is 5.92 Å². The van der Waals surface area contributed by atoms with Crippen LogP contribution in [0.5, 0.6) is 0 Å². The van der Waals surface area contributed by atoms with Gasteiger partial charge in [-0.3, -0.25) is 0 Å². The second kappa shape index (κ2) is 5.90. The number of piperidine rings is 1. The smallest absolute Gasteiger partial charge is 0.338 e. The Morgan fingerprint density at radius 1 is 1.50 bits per heavy atom. The number of ether oxygens (including phenoxy) is 1. The summed E-state index contributed by atoms with van der Waals surface area (Å²) in [4.78, 5) is 29.0. The van der Waals surface area contributed by atoms with E-state index in [9.17, 15) is 14.7 Å². The first-order valence-corrected chi connectivity index (χ1v) is 6.58. The molecule has 0 radical (unpaired) electrons. The van der Waals surface area contributed by atoms with Gasteiger partial charge in [-0.05, 0) is 30.9 Å². The Morgan fingerprint density at radius 3 is 2.90 bits per heavy atom. The molecule has 0 amide bonds. The highest BCUT2D eigenvalue weighted by Crippen LogP contribution is 2.28. The molecule has 1 aromatic rings. The van der Waals surface area contributed by atoms with Gasteiger partial charge in [0.2, 0.25) is 0 Å². The summed E-state index contributed by atoms with van der Waals surface area (Å²) in [5, 5.41) is 9.40. The molecule has 1 N–H and O–H groups in total. The highest BCUT2D eigenvalue weighted by molar-refractivity contribution is 5.90. The predicted molar refractivity (Wildman–Crippen MR) is 72.7 cm³/mol. The van der Waals surface area contributed by atoms with Crippen LogP contribution in [0.3, 0.4) is 0 Å². The minimum absolute atomic E-state index is 0.0461.